The number of rotatable bonds is 3. The summed E-state index contributed by atoms with van der Waals surface area (Å²) in [5.74, 6) is 1.59. The number of nitrogens with zero attached hydrogens (tertiary/aromatic N) is 3. The third kappa shape index (κ3) is 2.12. The molecule has 17 heavy (non-hydrogen) atoms. The fraction of sp³-hybridized carbons (Fsp3) is 0.636. The second kappa shape index (κ2) is 4.75. The normalized spacial score (nSPS) is 23.7. The Bertz CT molecular complexity index is 399. The van der Waals surface area contributed by atoms with Gasteiger partial charge in [0, 0.05) is 13.7 Å². The van der Waals surface area contributed by atoms with Crippen LogP contribution in [-0.4, -0.2) is 42.9 Å². The van der Waals surface area contributed by atoms with Gasteiger partial charge in [0.05, 0.1) is 19.3 Å². The van der Waals surface area contributed by atoms with Crippen LogP contribution in [0.2, 0.25) is 0 Å². The van der Waals surface area contributed by atoms with Gasteiger partial charge in [0.1, 0.15) is 6.33 Å². The zero-order valence-electron chi connectivity index (χ0n) is 10.4. The highest BCUT2D eigenvalue weighted by atomic mass is 16.5. The largest absolute Gasteiger partial charge is 0.490 e. The van der Waals surface area contributed by atoms with Gasteiger partial charge in [-0.2, -0.15) is 0 Å². The minimum Gasteiger partial charge on any atom is -0.490 e. The van der Waals surface area contributed by atoms with Crippen molar-refractivity contribution in [3.8, 4) is 5.75 Å². The van der Waals surface area contributed by atoms with Gasteiger partial charge < -0.3 is 20.1 Å². The van der Waals surface area contributed by atoms with Gasteiger partial charge in [0.2, 0.25) is 5.75 Å². The van der Waals surface area contributed by atoms with E-state index in [4.69, 9.17) is 15.2 Å². The maximum absolute atomic E-state index is 5.77. The van der Waals surface area contributed by atoms with E-state index in [1.54, 1.807) is 7.11 Å². The van der Waals surface area contributed by atoms with Crippen molar-refractivity contribution in [2.75, 3.05) is 31.4 Å². The lowest BCUT2D eigenvalue weighted by atomic mass is 10.1. The van der Waals surface area contributed by atoms with Crippen molar-refractivity contribution in [2.45, 2.75) is 25.5 Å². The van der Waals surface area contributed by atoms with Crippen molar-refractivity contribution in [1.82, 2.24) is 9.97 Å². The molecule has 0 aliphatic carbocycles. The monoisotopic (exact) mass is 238 g/mol. The molecule has 1 aromatic rings. The van der Waals surface area contributed by atoms with Crippen molar-refractivity contribution in [2.24, 2.45) is 0 Å². The quantitative estimate of drug-likeness (QED) is 0.834. The van der Waals surface area contributed by atoms with E-state index in [9.17, 15) is 0 Å². The Hall–Kier alpha value is -1.56. The first kappa shape index (κ1) is 11.9. The van der Waals surface area contributed by atoms with Crippen molar-refractivity contribution in [1.29, 1.82) is 0 Å². The summed E-state index contributed by atoms with van der Waals surface area (Å²) < 4.78 is 10.8. The summed E-state index contributed by atoms with van der Waals surface area (Å²) in [6.45, 7) is 2.84. The highest BCUT2D eigenvalue weighted by Gasteiger charge is 2.30. The Kier molecular flexibility index (Phi) is 3.33. The van der Waals surface area contributed by atoms with E-state index in [-0.39, 0.29) is 12.1 Å². The highest BCUT2D eigenvalue weighted by Crippen LogP contribution is 2.32. The molecule has 2 rings (SSSR count). The second-order valence-electron chi connectivity index (χ2n) is 4.16. The van der Waals surface area contributed by atoms with E-state index in [0.29, 0.717) is 17.4 Å². The lowest BCUT2D eigenvalue weighted by molar-refractivity contribution is 0.118. The second-order valence-corrected chi connectivity index (χ2v) is 4.16. The maximum Gasteiger partial charge on any atom is 0.204 e. The fourth-order valence-corrected chi connectivity index (χ4v) is 2.21. The van der Waals surface area contributed by atoms with E-state index < -0.39 is 0 Å². The van der Waals surface area contributed by atoms with Crippen LogP contribution >= 0.6 is 0 Å². The molecule has 0 amide bonds. The van der Waals surface area contributed by atoms with Gasteiger partial charge in [-0.1, -0.05) is 0 Å². The molecule has 0 saturated carbocycles. The van der Waals surface area contributed by atoms with Crippen LogP contribution in [0.3, 0.4) is 0 Å². The van der Waals surface area contributed by atoms with Crippen molar-refractivity contribution < 1.29 is 9.47 Å². The molecule has 1 fully saturated rings. The summed E-state index contributed by atoms with van der Waals surface area (Å²) in [5.41, 5.74) is 5.77. The summed E-state index contributed by atoms with van der Waals surface area (Å²) in [5, 5.41) is 0. The first-order valence-electron chi connectivity index (χ1n) is 5.64. The Morgan fingerprint density at radius 3 is 2.88 bits per heavy atom. The average Bonchev–Trinajstić information content (AvgIpc) is 2.74. The number of hydrogen-bond donors (Lipinski definition) is 1. The summed E-state index contributed by atoms with van der Waals surface area (Å²) in [7, 11) is 3.54. The van der Waals surface area contributed by atoms with Gasteiger partial charge in [0.15, 0.2) is 11.6 Å². The smallest absolute Gasteiger partial charge is 0.204 e. The van der Waals surface area contributed by atoms with Gasteiger partial charge in [-0.25, -0.2) is 9.97 Å². The molecule has 2 unspecified atom stereocenters. The third-order valence-corrected chi connectivity index (χ3v) is 3.18. The van der Waals surface area contributed by atoms with Crippen LogP contribution < -0.4 is 15.4 Å². The molecule has 0 spiro atoms. The number of aromatic nitrogens is 2. The van der Waals surface area contributed by atoms with Crippen LogP contribution in [0.25, 0.3) is 0 Å². The first-order chi connectivity index (χ1) is 8.15. The number of methoxy groups -OCH3 is 1. The third-order valence-electron chi connectivity index (χ3n) is 3.18. The minimum absolute atomic E-state index is 0.181. The van der Waals surface area contributed by atoms with E-state index in [2.05, 4.69) is 21.8 Å². The lowest BCUT2D eigenvalue weighted by Crippen LogP contribution is -2.37. The van der Waals surface area contributed by atoms with Crippen molar-refractivity contribution in [3.05, 3.63) is 6.33 Å². The van der Waals surface area contributed by atoms with Gasteiger partial charge in [-0.15, -0.1) is 0 Å². The molecule has 6 nitrogen and oxygen atoms in total. The zero-order chi connectivity index (χ0) is 12.4. The fourth-order valence-electron chi connectivity index (χ4n) is 2.21. The van der Waals surface area contributed by atoms with E-state index in [1.807, 2.05) is 7.05 Å². The molecular weight excluding hydrogens is 220 g/mol. The molecule has 0 radical (unpaired) electrons. The summed E-state index contributed by atoms with van der Waals surface area (Å²) in [4.78, 5) is 10.2. The van der Waals surface area contributed by atoms with Crippen LogP contribution in [-0.2, 0) is 4.74 Å². The number of nitrogen functional groups attached to an aromatic ring is 1. The maximum atomic E-state index is 5.77. The number of nitrogens with two attached hydrogens (primary N) is 1. The van der Waals surface area contributed by atoms with E-state index >= 15 is 0 Å². The predicted molar refractivity (Wildman–Crippen MR) is 65.2 cm³/mol. The van der Waals surface area contributed by atoms with Gasteiger partial charge >= 0.3 is 0 Å². The number of ether oxygens (including phenoxy) is 2. The molecule has 0 bridgehead atoms. The predicted octanol–water partition coefficient (Wildman–Crippen LogP) is 0.681. The van der Waals surface area contributed by atoms with Gasteiger partial charge in [-0.05, 0) is 13.3 Å². The minimum atomic E-state index is 0.181. The number of anilines is 2. The standard InChI is InChI=1S/C11H18N4O2/c1-7-8(4-5-17-7)15(2)11-9(16-3)10(12)13-6-14-11/h6-8H,4-5H2,1-3H3,(H2,12,13,14). The first-order valence-corrected chi connectivity index (χ1v) is 5.64. The molecule has 2 N–H and O–H groups in total. The lowest BCUT2D eigenvalue weighted by Gasteiger charge is -2.28. The molecule has 1 aromatic heterocycles. The zero-order valence-corrected chi connectivity index (χ0v) is 10.4. The Labute approximate surface area is 101 Å². The number of likely N-dealkylation sites (N-methyl/N-ethyl adjacent to an activating group) is 1. The molecule has 1 aliphatic rings. The SMILES string of the molecule is COc1c(N)ncnc1N(C)C1CCOC1C. The summed E-state index contributed by atoms with van der Waals surface area (Å²) in [6, 6.07) is 0.290. The van der Waals surface area contributed by atoms with E-state index in [0.717, 1.165) is 13.0 Å². The molecule has 1 saturated heterocycles. The summed E-state index contributed by atoms with van der Waals surface area (Å²) >= 11 is 0. The molecule has 2 atom stereocenters. The van der Waals surface area contributed by atoms with Crippen molar-refractivity contribution in [3.63, 3.8) is 0 Å². The van der Waals surface area contributed by atoms with Crippen LogP contribution in [0.5, 0.6) is 5.75 Å². The van der Waals surface area contributed by atoms with Gasteiger partial charge in [-0.3, -0.25) is 0 Å². The van der Waals surface area contributed by atoms with Crippen LogP contribution in [0.1, 0.15) is 13.3 Å². The average molecular weight is 238 g/mol. The topological polar surface area (TPSA) is 73.5 Å². The molecule has 1 aliphatic heterocycles. The molecule has 0 aromatic carbocycles. The molecule has 2 heterocycles. The van der Waals surface area contributed by atoms with Crippen molar-refractivity contribution >= 4 is 11.6 Å². The van der Waals surface area contributed by atoms with E-state index in [1.165, 1.54) is 6.33 Å². The summed E-state index contributed by atoms with van der Waals surface area (Å²) in [6.07, 6.45) is 2.61. The van der Waals surface area contributed by atoms with Crippen LogP contribution in [0.4, 0.5) is 11.6 Å². The van der Waals surface area contributed by atoms with Gasteiger partial charge in [0.25, 0.3) is 0 Å². The molecular formula is C11H18N4O2. The molecule has 94 valence electrons. The Balaban J connectivity index is 2.30. The van der Waals surface area contributed by atoms with Crippen LogP contribution in [0.15, 0.2) is 6.33 Å². The molecule has 6 heteroatoms. The Morgan fingerprint density at radius 1 is 1.53 bits per heavy atom. The number of hydrogen-bond acceptors (Lipinski definition) is 6. The van der Waals surface area contributed by atoms with Crippen LogP contribution in [0, 0.1) is 0 Å². The Morgan fingerprint density at radius 2 is 2.29 bits per heavy atom. The highest BCUT2D eigenvalue weighted by molar-refractivity contribution is 5.62.